The Balaban J connectivity index is 2.11. The molecule has 1 aromatic heterocycles. The first-order valence-corrected chi connectivity index (χ1v) is 10.8. The quantitative estimate of drug-likeness (QED) is 0.523. The monoisotopic (exact) mass is 335 g/mol. The Hall–Kier alpha value is -2.66. The molecule has 0 amide bonds. The van der Waals surface area contributed by atoms with Crippen LogP contribution in [0.3, 0.4) is 0 Å². The van der Waals surface area contributed by atoms with Gasteiger partial charge in [-0.1, -0.05) is 42.5 Å². The molecule has 24 heavy (non-hydrogen) atoms. The number of aliphatic imine (C=N–C) groups is 1. The molecule has 3 aromatic rings. The molecule has 0 saturated heterocycles. The van der Waals surface area contributed by atoms with Crippen molar-refractivity contribution in [3.05, 3.63) is 78.1 Å². The molecule has 0 saturated carbocycles. The summed E-state index contributed by atoms with van der Waals surface area (Å²) in [5, 5.41) is 4.53. The smallest absolute Gasteiger partial charge is 0.229 e. The van der Waals surface area contributed by atoms with Crippen molar-refractivity contribution in [3.8, 4) is 5.75 Å². The van der Waals surface area contributed by atoms with Gasteiger partial charge in [0.05, 0.1) is 5.71 Å². The van der Waals surface area contributed by atoms with Gasteiger partial charge in [-0.3, -0.25) is 4.68 Å². The Morgan fingerprint density at radius 2 is 1.71 bits per heavy atom. The van der Waals surface area contributed by atoms with E-state index in [9.17, 15) is 0 Å². The Bertz CT molecular complexity index is 841. The summed E-state index contributed by atoms with van der Waals surface area (Å²) < 4.78 is 7.82. The lowest BCUT2D eigenvalue weighted by Crippen LogP contribution is -2.11. The van der Waals surface area contributed by atoms with Crippen molar-refractivity contribution in [2.75, 3.05) is 0 Å². The second-order valence-electron chi connectivity index (χ2n) is 5.84. The van der Waals surface area contributed by atoms with Crippen LogP contribution >= 0.6 is 0 Å². The highest BCUT2D eigenvalue weighted by atomic mass is 28.3. The van der Waals surface area contributed by atoms with Crippen LogP contribution in [0.1, 0.15) is 11.3 Å². The minimum atomic E-state index is -1.20. The minimum absolute atomic E-state index is 0.836. The van der Waals surface area contributed by atoms with Crippen molar-refractivity contribution in [1.82, 2.24) is 9.78 Å². The van der Waals surface area contributed by atoms with Crippen molar-refractivity contribution < 1.29 is 4.43 Å². The molecule has 0 radical (unpaired) electrons. The number of hydrogen-bond acceptors (Lipinski definition) is 3. The third kappa shape index (κ3) is 3.81. The molecule has 0 fully saturated rings. The summed E-state index contributed by atoms with van der Waals surface area (Å²) in [5.41, 5.74) is 3.56. The summed E-state index contributed by atoms with van der Waals surface area (Å²) in [7, 11) is 0.707. The Morgan fingerprint density at radius 3 is 2.38 bits per heavy atom. The van der Waals surface area contributed by atoms with Crippen LogP contribution in [0.5, 0.6) is 5.75 Å². The average Bonchev–Trinajstić information content (AvgIpc) is 3.00. The Labute approximate surface area is 144 Å². The number of para-hydroxylation sites is 2. The van der Waals surface area contributed by atoms with E-state index in [2.05, 4.69) is 18.2 Å². The summed E-state index contributed by atoms with van der Waals surface area (Å²) in [6, 6.07) is 20.0. The molecule has 3 rings (SSSR count). The maximum Gasteiger partial charge on any atom is 0.229 e. The molecular formula is C19H21N3OSi. The highest BCUT2D eigenvalue weighted by Gasteiger charge is 2.12. The summed E-state index contributed by atoms with van der Waals surface area (Å²) >= 11 is 0. The number of aryl methyl sites for hydroxylation is 1. The standard InChI is InChI=1S/C19H21N3OSi/c1-22-14-13-17(21-22)19(15-9-5-4-6-10-15)20-16-11-7-8-12-18(16)23-24(2)3/h4-14,24H,1-3H3. The SMILES string of the molecule is Cn1ccc(C(=Nc2ccccc2O[SiH](C)C)c2ccccc2)n1. The number of benzene rings is 2. The van der Waals surface area contributed by atoms with E-state index < -0.39 is 9.04 Å². The molecule has 122 valence electrons. The molecule has 1 heterocycles. The largest absolute Gasteiger partial charge is 0.546 e. The van der Waals surface area contributed by atoms with Crippen LogP contribution in [0.2, 0.25) is 13.1 Å². The maximum atomic E-state index is 6.03. The zero-order chi connectivity index (χ0) is 16.9. The van der Waals surface area contributed by atoms with Crippen LogP contribution in [0.25, 0.3) is 0 Å². The van der Waals surface area contributed by atoms with Gasteiger partial charge >= 0.3 is 0 Å². The first-order chi connectivity index (χ1) is 11.6. The normalized spacial score (nSPS) is 11.8. The fraction of sp³-hybridized carbons (Fsp3) is 0.158. The second kappa shape index (κ2) is 7.27. The van der Waals surface area contributed by atoms with Crippen LogP contribution in [0.15, 0.2) is 71.9 Å². The van der Waals surface area contributed by atoms with Crippen molar-refractivity contribution in [3.63, 3.8) is 0 Å². The van der Waals surface area contributed by atoms with Crippen molar-refractivity contribution >= 4 is 20.4 Å². The van der Waals surface area contributed by atoms with E-state index in [0.29, 0.717) is 0 Å². The number of rotatable bonds is 5. The molecule has 0 atom stereocenters. The van der Waals surface area contributed by atoms with Gasteiger partial charge in [0.2, 0.25) is 9.04 Å². The van der Waals surface area contributed by atoms with Crippen LogP contribution in [-0.4, -0.2) is 24.5 Å². The third-order valence-corrected chi connectivity index (χ3v) is 4.19. The lowest BCUT2D eigenvalue weighted by molar-refractivity contribution is 0.582. The molecule has 5 heteroatoms. The molecule has 0 aliphatic carbocycles. The van der Waals surface area contributed by atoms with Gasteiger partial charge in [-0.05, 0) is 31.3 Å². The summed E-state index contributed by atoms with van der Waals surface area (Å²) in [5.74, 6) is 0.837. The topological polar surface area (TPSA) is 39.4 Å². The van der Waals surface area contributed by atoms with Gasteiger partial charge in [0.15, 0.2) is 0 Å². The summed E-state index contributed by atoms with van der Waals surface area (Å²) in [6.45, 7) is 4.30. The number of hydrogen-bond donors (Lipinski definition) is 0. The highest BCUT2D eigenvalue weighted by Crippen LogP contribution is 2.29. The zero-order valence-electron chi connectivity index (χ0n) is 14.2. The maximum absolute atomic E-state index is 6.03. The zero-order valence-corrected chi connectivity index (χ0v) is 15.3. The van der Waals surface area contributed by atoms with Crippen LogP contribution in [0.4, 0.5) is 5.69 Å². The lowest BCUT2D eigenvalue weighted by Gasteiger charge is -2.12. The van der Waals surface area contributed by atoms with E-state index in [1.165, 1.54) is 0 Å². The Kier molecular flexibility index (Phi) is 4.91. The summed E-state index contributed by atoms with van der Waals surface area (Å²) in [6.07, 6.45) is 1.93. The molecule has 2 aromatic carbocycles. The minimum Gasteiger partial charge on any atom is -0.546 e. The van der Waals surface area contributed by atoms with Gasteiger partial charge in [-0.2, -0.15) is 5.10 Å². The number of nitrogens with zero attached hydrogens (tertiary/aromatic N) is 3. The molecule has 4 nitrogen and oxygen atoms in total. The molecule has 0 unspecified atom stereocenters. The van der Waals surface area contributed by atoms with E-state index in [1.807, 2.05) is 73.9 Å². The molecule has 0 N–H and O–H groups in total. The summed E-state index contributed by atoms with van der Waals surface area (Å²) in [4.78, 5) is 4.90. The highest BCUT2D eigenvalue weighted by molar-refractivity contribution is 6.49. The molecule has 0 aliphatic heterocycles. The van der Waals surface area contributed by atoms with Gasteiger partial charge in [-0.25, -0.2) is 4.99 Å². The van der Waals surface area contributed by atoms with Crippen molar-refractivity contribution in [2.24, 2.45) is 12.0 Å². The van der Waals surface area contributed by atoms with Gasteiger partial charge in [-0.15, -0.1) is 0 Å². The fourth-order valence-electron chi connectivity index (χ4n) is 2.43. The van der Waals surface area contributed by atoms with E-state index in [1.54, 1.807) is 4.68 Å². The van der Waals surface area contributed by atoms with Gasteiger partial charge in [0.1, 0.15) is 17.1 Å². The second-order valence-corrected chi connectivity index (χ2v) is 8.17. The van der Waals surface area contributed by atoms with E-state index in [-0.39, 0.29) is 0 Å². The first kappa shape index (κ1) is 16.2. The van der Waals surface area contributed by atoms with Crippen LogP contribution < -0.4 is 4.43 Å². The Morgan fingerprint density at radius 1 is 1.00 bits per heavy atom. The molecule has 0 aliphatic rings. The third-order valence-electron chi connectivity index (χ3n) is 3.46. The van der Waals surface area contributed by atoms with Crippen LogP contribution in [-0.2, 0) is 7.05 Å². The predicted molar refractivity (Wildman–Crippen MR) is 101 cm³/mol. The van der Waals surface area contributed by atoms with E-state index >= 15 is 0 Å². The van der Waals surface area contributed by atoms with Gasteiger partial charge in [0.25, 0.3) is 0 Å². The molecule has 0 bridgehead atoms. The van der Waals surface area contributed by atoms with E-state index in [0.717, 1.165) is 28.4 Å². The molecular weight excluding hydrogens is 314 g/mol. The average molecular weight is 335 g/mol. The van der Waals surface area contributed by atoms with Gasteiger partial charge in [0, 0.05) is 18.8 Å². The van der Waals surface area contributed by atoms with E-state index in [4.69, 9.17) is 9.42 Å². The van der Waals surface area contributed by atoms with Crippen molar-refractivity contribution in [2.45, 2.75) is 13.1 Å². The van der Waals surface area contributed by atoms with Crippen LogP contribution in [0, 0.1) is 0 Å². The lowest BCUT2D eigenvalue weighted by atomic mass is 10.1. The number of aromatic nitrogens is 2. The fourth-order valence-corrected chi connectivity index (χ4v) is 3.14. The van der Waals surface area contributed by atoms with Crippen molar-refractivity contribution in [1.29, 1.82) is 0 Å². The van der Waals surface area contributed by atoms with Gasteiger partial charge < -0.3 is 4.43 Å². The first-order valence-electron chi connectivity index (χ1n) is 8.03. The predicted octanol–water partition coefficient (Wildman–Crippen LogP) is 3.95. The molecule has 0 spiro atoms.